The maximum absolute atomic E-state index is 12.5. The van der Waals surface area contributed by atoms with Crippen LogP contribution in [0.1, 0.15) is 29.8 Å². The minimum atomic E-state index is -0.0735. The van der Waals surface area contributed by atoms with Gasteiger partial charge in [-0.3, -0.25) is 4.79 Å². The third kappa shape index (κ3) is 6.73. The van der Waals surface area contributed by atoms with E-state index in [9.17, 15) is 4.79 Å². The van der Waals surface area contributed by atoms with Gasteiger partial charge in [0.2, 0.25) is 0 Å². The first kappa shape index (κ1) is 21.6. The monoisotopic (exact) mass is 378 g/mol. The van der Waals surface area contributed by atoms with Crippen molar-refractivity contribution in [1.82, 2.24) is 4.90 Å². The lowest BCUT2D eigenvalue weighted by molar-refractivity contribution is 0.0740. The minimum Gasteiger partial charge on any atom is -0.341 e. The van der Waals surface area contributed by atoms with Gasteiger partial charge in [-0.1, -0.05) is 44.2 Å². The van der Waals surface area contributed by atoms with Crippen LogP contribution in [-0.2, 0) is 5.75 Å². The molecule has 0 aliphatic carbocycles. The van der Waals surface area contributed by atoms with Crippen molar-refractivity contribution in [2.45, 2.75) is 24.5 Å². The Morgan fingerprint density at radius 1 is 1.08 bits per heavy atom. The molecule has 0 aromatic heterocycles. The van der Waals surface area contributed by atoms with E-state index in [1.807, 2.05) is 37.4 Å². The smallest absolute Gasteiger partial charge is 0.253 e. The number of hydrogen-bond donors (Lipinski definition) is 1. The van der Waals surface area contributed by atoms with E-state index >= 15 is 0 Å². The van der Waals surface area contributed by atoms with Gasteiger partial charge in [0.25, 0.3) is 5.91 Å². The second-order valence-corrected chi connectivity index (χ2v) is 7.88. The van der Waals surface area contributed by atoms with Crippen molar-refractivity contribution in [3.8, 4) is 0 Å². The summed E-state index contributed by atoms with van der Waals surface area (Å²) in [7, 11) is 1.83. The number of halogens is 1. The average molecular weight is 379 g/mol. The van der Waals surface area contributed by atoms with Crippen molar-refractivity contribution in [3.05, 3.63) is 65.7 Å². The Morgan fingerprint density at radius 2 is 1.68 bits per heavy atom. The van der Waals surface area contributed by atoms with Gasteiger partial charge in [0.1, 0.15) is 0 Å². The topological polar surface area (TPSA) is 46.3 Å². The lowest BCUT2D eigenvalue weighted by Gasteiger charge is -2.29. The zero-order valence-electron chi connectivity index (χ0n) is 15.1. The molecular weight excluding hydrogens is 352 g/mol. The SMILES string of the molecule is CN(CC(C)(C)CN)C(=O)c1ccc(SCc2ccccc2)cc1.Cl. The van der Waals surface area contributed by atoms with Crippen LogP contribution in [0.2, 0.25) is 0 Å². The Morgan fingerprint density at radius 3 is 2.24 bits per heavy atom. The summed E-state index contributed by atoms with van der Waals surface area (Å²) < 4.78 is 0. The Kier molecular flexibility index (Phi) is 8.50. The van der Waals surface area contributed by atoms with Gasteiger partial charge >= 0.3 is 0 Å². The molecule has 0 atom stereocenters. The van der Waals surface area contributed by atoms with Gasteiger partial charge in [-0.2, -0.15) is 0 Å². The maximum Gasteiger partial charge on any atom is 0.253 e. The molecule has 0 aliphatic rings. The molecule has 2 rings (SSSR count). The van der Waals surface area contributed by atoms with E-state index in [2.05, 4.69) is 38.1 Å². The van der Waals surface area contributed by atoms with Gasteiger partial charge in [0.05, 0.1) is 0 Å². The molecule has 5 heteroatoms. The predicted octanol–water partition coefficient (Wildman–Crippen LogP) is 4.46. The maximum atomic E-state index is 12.5. The second kappa shape index (κ2) is 9.85. The standard InChI is InChI=1S/C20H26N2OS.ClH/c1-20(2,14-21)15-22(3)19(23)17-9-11-18(12-10-17)24-13-16-7-5-4-6-8-16;/h4-12H,13-15,21H2,1-3H3;1H. The molecule has 0 saturated heterocycles. The Bertz CT molecular complexity index is 659. The van der Waals surface area contributed by atoms with Gasteiger partial charge in [0.15, 0.2) is 0 Å². The fraction of sp³-hybridized carbons (Fsp3) is 0.350. The number of benzene rings is 2. The van der Waals surface area contributed by atoms with E-state index in [0.717, 1.165) is 11.3 Å². The molecule has 3 nitrogen and oxygen atoms in total. The summed E-state index contributed by atoms with van der Waals surface area (Å²) in [4.78, 5) is 15.4. The van der Waals surface area contributed by atoms with E-state index in [-0.39, 0.29) is 23.7 Å². The number of nitrogens with two attached hydrogens (primary N) is 1. The summed E-state index contributed by atoms with van der Waals surface area (Å²) >= 11 is 1.77. The van der Waals surface area contributed by atoms with Crippen LogP contribution < -0.4 is 5.73 Å². The van der Waals surface area contributed by atoms with Crippen molar-refractivity contribution >= 4 is 30.1 Å². The molecule has 2 N–H and O–H groups in total. The minimum absolute atomic E-state index is 0. The Balaban J connectivity index is 0.00000312. The van der Waals surface area contributed by atoms with Crippen molar-refractivity contribution in [2.24, 2.45) is 11.1 Å². The molecular formula is C20H27ClN2OS. The first-order chi connectivity index (χ1) is 11.4. The molecule has 0 aliphatic heterocycles. The molecule has 136 valence electrons. The Hall–Kier alpha value is -1.49. The molecule has 25 heavy (non-hydrogen) atoms. The molecule has 0 radical (unpaired) electrons. The van der Waals surface area contributed by atoms with Crippen LogP contribution in [0, 0.1) is 5.41 Å². The highest BCUT2D eigenvalue weighted by Gasteiger charge is 2.21. The van der Waals surface area contributed by atoms with Crippen LogP contribution in [0.15, 0.2) is 59.5 Å². The summed E-state index contributed by atoms with van der Waals surface area (Å²) in [6.07, 6.45) is 0. The fourth-order valence-electron chi connectivity index (χ4n) is 2.43. The summed E-state index contributed by atoms with van der Waals surface area (Å²) in [6, 6.07) is 18.2. The number of rotatable bonds is 7. The number of hydrogen-bond acceptors (Lipinski definition) is 3. The van der Waals surface area contributed by atoms with Gasteiger partial charge in [-0.25, -0.2) is 0 Å². The summed E-state index contributed by atoms with van der Waals surface area (Å²) in [5.41, 5.74) is 7.69. The average Bonchev–Trinajstić information content (AvgIpc) is 2.60. The number of carbonyl (C=O) groups excluding carboxylic acids is 1. The zero-order valence-corrected chi connectivity index (χ0v) is 16.7. The van der Waals surface area contributed by atoms with Crippen molar-refractivity contribution in [3.63, 3.8) is 0 Å². The van der Waals surface area contributed by atoms with E-state index in [4.69, 9.17) is 5.73 Å². The van der Waals surface area contributed by atoms with Crippen LogP contribution in [-0.4, -0.2) is 30.9 Å². The summed E-state index contributed by atoms with van der Waals surface area (Å²) in [5.74, 6) is 0.967. The molecule has 1 amide bonds. The molecule has 0 bridgehead atoms. The second-order valence-electron chi connectivity index (χ2n) is 6.83. The highest BCUT2D eigenvalue weighted by Crippen LogP contribution is 2.23. The molecule has 0 fully saturated rings. The van der Waals surface area contributed by atoms with Crippen LogP contribution >= 0.6 is 24.2 Å². The third-order valence-electron chi connectivity index (χ3n) is 3.91. The summed E-state index contributed by atoms with van der Waals surface area (Å²) in [6.45, 7) is 5.34. The Labute approximate surface area is 161 Å². The number of nitrogens with zero attached hydrogens (tertiary/aromatic N) is 1. The van der Waals surface area contributed by atoms with E-state index in [1.165, 1.54) is 10.5 Å². The highest BCUT2D eigenvalue weighted by atomic mass is 35.5. The first-order valence-electron chi connectivity index (χ1n) is 8.13. The molecule has 0 saturated carbocycles. The highest BCUT2D eigenvalue weighted by molar-refractivity contribution is 7.98. The lowest BCUT2D eigenvalue weighted by Crippen LogP contribution is -2.39. The largest absolute Gasteiger partial charge is 0.341 e. The normalized spacial score (nSPS) is 10.9. The van der Waals surface area contributed by atoms with Crippen LogP contribution in [0.3, 0.4) is 0 Å². The van der Waals surface area contributed by atoms with Crippen molar-refractivity contribution in [1.29, 1.82) is 0 Å². The van der Waals surface area contributed by atoms with E-state index in [1.54, 1.807) is 16.7 Å². The van der Waals surface area contributed by atoms with Gasteiger partial charge in [-0.05, 0) is 41.8 Å². The van der Waals surface area contributed by atoms with E-state index in [0.29, 0.717) is 13.1 Å². The lowest BCUT2D eigenvalue weighted by atomic mass is 9.93. The third-order valence-corrected chi connectivity index (χ3v) is 5.00. The van der Waals surface area contributed by atoms with Gasteiger partial charge < -0.3 is 10.6 Å². The van der Waals surface area contributed by atoms with E-state index < -0.39 is 0 Å². The summed E-state index contributed by atoms with van der Waals surface area (Å²) in [5, 5.41) is 0. The molecule has 0 spiro atoms. The van der Waals surface area contributed by atoms with Crippen LogP contribution in [0.25, 0.3) is 0 Å². The first-order valence-corrected chi connectivity index (χ1v) is 9.12. The van der Waals surface area contributed by atoms with Crippen molar-refractivity contribution < 1.29 is 4.79 Å². The molecule has 0 unspecified atom stereocenters. The molecule has 0 heterocycles. The molecule has 2 aromatic rings. The predicted molar refractivity (Wildman–Crippen MR) is 109 cm³/mol. The van der Waals surface area contributed by atoms with Crippen LogP contribution in [0.4, 0.5) is 0 Å². The van der Waals surface area contributed by atoms with Gasteiger partial charge in [-0.15, -0.1) is 24.2 Å². The zero-order chi connectivity index (χ0) is 17.6. The van der Waals surface area contributed by atoms with Crippen molar-refractivity contribution in [2.75, 3.05) is 20.1 Å². The number of carbonyl (C=O) groups is 1. The number of amides is 1. The van der Waals surface area contributed by atoms with Gasteiger partial charge in [0, 0.05) is 29.8 Å². The van der Waals surface area contributed by atoms with Crippen LogP contribution in [0.5, 0.6) is 0 Å². The quantitative estimate of drug-likeness (QED) is 0.723. The number of thioether (sulfide) groups is 1. The molecule has 2 aromatic carbocycles. The fourth-order valence-corrected chi connectivity index (χ4v) is 3.29.